The summed E-state index contributed by atoms with van der Waals surface area (Å²) in [7, 11) is 0. The fourth-order valence-electron chi connectivity index (χ4n) is 1.60. The highest BCUT2D eigenvalue weighted by molar-refractivity contribution is 5.72. The number of rotatable bonds is 5. The zero-order valence-corrected chi connectivity index (χ0v) is 10.4. The lowest BCUT2D eigenvalue weighted by Gasteiger charge is -2.18. The summed E-state index contributed by atoms with van der Waals surface area (Å²) in [5.41, 5.74) is 0.0653. The standard InChI is InChI=1S/C13H15FN2O3/c1-8(17)16-5-4-12(18)13(19)10-3-2-9(7-15)6-11(10)14/h2-3,6,12-13,18-19H,4-5H2,1H3,(H,16,17). The molecule has 1 aromatic carbocycles. The monoisotopic (exact) mass is 266 g/mol. The topological polar surface area (TPSA) is 93.3 Å². The first-order valence-corrected chi connectivity index (χ1v) is 5.75. The van der Waals surface area contributed by atoms with Crippen LogP contribution in [0, 0.1) is 17.1 Å². The molecule has 102 valence electrons. The number of amides is 1. The van der Waals surface area contributed by atoms with Crippen LogP contribution in [0.1, 0.15) is 30.6 Å². The summed E-state index contributed by atoms with van der Waals surface area (Å²) < 4.78 is 13.6. The van der Waals surface area contributed by atoms with Crippen molar-refractivity contribution in [1.82, 2.24) is 5.32 Å². The van der Waals surface area contributed by atoms with E-state index in [-0.39, 0.29) is 30.0 Å². The maximum absolute atomic E-state index is 13.6. The van der Waals surface area contributed by atoms with Gasteiger partial charge < -0.3 is 15.5 Å². The van der Waals surface area contributed by atoms with Crippen LogP contribution < -0.4 is 5.32 Å². The van der Waals surface area contributed by atoms with Gasteiger partial charge in [0, 0.05) is 19.0 Å². The van der Waals surface area contributed by atoms with Gasteiger partial charge in [0.25, 0.3) is 0 Å². The zero-order valence-electron chi connectivity index (χ0n) is 10.4. The van der Waals surface area contributed by atoms with E-state index in [0.29, 0.717) is 0 Å². The second-order valence-electron chi connectivity index (χ2n) is 4.13. The van der Waals surface area contributed by atoms with Crippen LogP contribution in [0.3, 0.4) is 0 Å². The maximum Gasteiger partial charge on any atom is 0.216 e. The third-order valence-electron chi connectivity index (χ3n) is 2.63. The average Bonchev–Trinajstić information content (AvgIpc) is 2.37. The number of aliphatic hydroxyl groups is 2. The van der Waals surface area contributed by atoms with Crippen molar-refractivity contribution in [3.05, 3.63) is 35.1 Å². The van der Waals surface area contributed by atoms with Crippen molar-refractivity contribution in [2.45, 2.75) is 25.6 Å². The van der Waals surface area contributed by atoms with Crippen LogP contribution in [-0.2, 0) is 4.79 Å². The first-order chi connectivity index (χ1) is 8.95. The van der Waals surface area contributed by atoms with Gasteiger partial charge in [0.1, 0.15) is 11.9 Å². The molecule has 19 heavy (non-hydrogen) atoms. The number of nitriles is 1. The van der Waals surface area contributed by atoms with E-state index in [2.05, 4.69) is 5.32 Å². The van der Waals surface area contributed by atoms with Gasteiger partial charge in [0.05, 0.1) is 17.7 Å². The zero-order chi connectivity index (χ0) is 14.4. The number of nitrogens with zero attached hydrogens (tertiary/aromatic N) is 1. The van der Waals surface area contributed by atoms with Gasteiger partial charge in [-0.05, 0) is 18.6 Å². The van der Waals surface area contributed by atoms with Gasteiger partial charge in [-0.15, -0.1) is 0 Å². The predicted octanol–water partition coefficient (Wildman–Crippen LogP) is 0.618. The summed E-state index contributed by atoms with van der Waals surface area (Å²) in [5, 5.41) is 30.6. The van der Waals surface area contributed by atoms with Crippen molar-refractivity contribution in [3.63, 3.8) is 0 Å². The smallest absolute Gasteiger partial charge is 0.216 e. The molecule has 0 fully saturated rings. The van der Waals surface area contributed by atoms with E-state index in [9.17, 15) is 19.4 Å². The summed E-state index contributed by atoms with van der Waals surface area (Å²) >= 11 is 0. The van der Waals surface area contributed by atoms with Crippen LogP contribution in [0.25, 0.3) is 0 Å². The molecule has 2 atom stereocenters. The quantitative estimate of drug-likeness (QED) is 0.728. The van der Waals surface area contributed by atoms with Crippen molar-refractivity contribution in [1.29, 1.82) is 5.26 Å². The van der Waals surface area contributed by atoms with Crippen molar-refractivity contribution < 1.29 is 19.4 Å². The summed E-state index contributed by atoms with van der Waals surface area (Å²) in [4.78, 5) is 10.6. The van der Waals surface area contributed by atoms with Gasteiger partial charge in [-0.25, -0.2) is 4.39 Å². The Balaban J connectivity index is 2.69. The largest absolute Gasteiger partial charge is 0.390 e. The number of carbonyl (C=O) groups excluding carboxylic acids is 1. The van der Waals surface area contributed by atoms with Gasteiger partial charge in [0.15, 0.2) is 0 Å². The van der Waals surface area contributed by atoms with Crippen LogP contribution in [0.15, 0.2) is 18.2 Å². The minimum Gasteiger partial charge on any atom is -0.390 e. The van der Waals surface area contributed by atoms with Crippen molar-refractivity contribution >= 4 is 5.91 Å². The number of benzene rings is 1. The van der Waals surface area contributed by atoms with E-state index >= 15 is 0 Å². The average molecular weight is 266 g/mol. The Morgan fingerprint density at radius 1 is 1.53 bits per heavy atom. The highest BCUT2D eigenvalue weighted by Gasteiger charge is 2.21. The number of hydrogen-bond donors (Lipinski definition) is 3. The molecule has 1 rings (SSSR count). The van der Waals surface area contributed by atoms with E-state index in [1.54, 1.807) is 6.07 Å². The van der Waals surface area contributed by atoms with Gasteiger partial charge in [0.2, 0.25) is 5.91 Å². The molecular formula is C13H15FN2O3. The minimum atomic E-state index is -1.40. The molecule has 6 heteroatoms. The first kappa shape index (κ1) is 15.1. The molecule has 1 aromatic rings. The summed E-state index contributed by atoms with van der Waals surface area (Å²) in [5.74, 6) is -0.989. The molecule has 0 spiro atoms. The van der Waals surface area contributed by atoms with Crippen LogP contribution in [0.2, 0.25) is 0 Å². The highest BCUT2D eigenvalue weighted by atomic mass is 19.1. The molecule has 0 aliphatic rings. The Morgan fingerprint density at radius 2 is 2.21 bits per heavy atom. The van der Waals surface area contributed by atoms with E-state index in [1.807, 2.05) is 0 Å². The molecule has 0 saturated carbocycles. The minimum absolute atomic E-state index is 0.0747. The molecule has 2 unspecified atom stereocenters. The Labute approximate surface area is 110 Å². The summed E-state index contributed by atoms with van der Waals surface area (Å²) in [6, 6.07) is 5.40. The normalized spacial score (nSPS) is 13.4. The molecule has 0 aliphatic heterocycles. The van der Waals surface area contributed by atoms with Crippen LogP contribution >= 0.6 is 0 Å². The lowest BCUT2D eigenvalue weighted by Crippen LogP contribution is -2.28. The second kappa shape index (κ2) is 6.83. The summed E-state index contributed by atoms with van der Waals surface area (Å²) in [6.45, 7) is 1.52. The Bertz CT molecular complexity index is 499. The first-order valence-electron chi connectivity index (χ1n) is 5.75. The number of hydrogen-bond acceptors (Lipinski definition) is 4. The Hall–Kier alpha value is -1.97. The third-order valence-corrected chi connectivity index (χ3v) is 2.63. The molecular weight excluding hydrogens is 251 g/mol. The molecule has 0 radical (unpaired) electrons. The molecule has 5 nitrogen and oxygen atoms in total. The maximum atomic E-state index is 13.6. The lowest BCUT2D eigenvalue weighted by atomic mass is 10.0. The van der Waals surface area contributed by atoms with E-state index in [1.165, 1.54) is 19.1 Å². The Kier molecular flexibility index (Phi) is 5.42. The number of carbonyl (C=O) groups is 1. The SMILES string of the molecule is CC(=O)NCCC(O)C(O)c1ccc(C#N)cc1F. The van der Waals surface area contributed by atoms with Gasteiger partial charge in [-0.2, -0.15) is 5.26 Å². The molecule has 1 amide bonds. The molecule has 0 heterocycles. The van der Waals surface area contributed by atoms with Crippen molar-refractivity contribution in [2.24, 2.45) is 0 Å². The molecule has 0 aromatic heterocycles. The Morgan fingerprint density at radius 3 is 2.74 bits per heavy atom. The van der Waals surface area contributed by atoms with Gasteiger partial charge >= 0.3 is 0 Å². The van der Waals surface area contributed by atoms with Crippen LogP contribution in [-0.4, -0.2) is 28.8 Å². The third kappa shape index (κ3) is 4.32. The number of aliphatic hydroxyl groups excluding tert-OH is 2. The van der Waals surface area contributed by atoms with E-state index in [0.717, 1.165) is 6.07 Å². The van der Waals surface area contributed by atoms with E-state index in [4.69, 9.17) is 5.26 Å². The molecule has 0 bridgehead atoms. The fourth-order valence-corrected chi connectivity index (χ4v) is 1.60. The van der Waals surface area contributed by atoms with Gasteiger partial charge in [-0.3, -0.25) is 4.79 Å². The van der Waals surface area contributed by atoms with E-state index < -0.39 is 18.0 Å². The predicted molar refractivity (Wildman–Crippen MR) is 65.4 cm³/mol. The molecule has 0 aliphatic carbocycles. The number of halogens is 1. The molecule has 3 N–H and O–H groups in total. The van der Waals surface area contributed by atoms with Crippen LogP contribution in [0.4, 0.5) is 4.39 Å². The van der Waals surface area contributed by atoms with Gasteiger partial charge in [-0.1, -0.05) is 6.07 Å². The van der Waals surface area contributed by atoms with Crippen LogP contribution in [0.5, 0.6) is 0 Å². The number of nitrogens with one attached hydrogen (secondary N) is 1. The summed E-state index contributed by atoms with van der Waals surface area (Å²) in [6.07, 6.45) is -2.50. The van der Waals surface area contributed by atoms with Crippen molar-refractivity contribution in [2.75, 3.05) is 6.54 Å². The molecule has 0 saturated heterocycles. The lowest BCUT2D eigenvalue weighted by molar-refractivity contribution is -0.119. The van der Waals surface area contributed by atoms with Crippen molar-refractivity contribution in [3.8, 4) is 6.07 Å². The fraction of sp³-hybridized carbons (Fsp3) is 0.385. The second-order valence-corrected chi connectivity index (χ2v) is 4.13. The highest BCUT2D eigenvalue weighted by Crippen LogP contribution is 2.22.